The van der Waals surface area contributed by atoms with Gasteiger partial charge in [0.25, 0.3) is 0 Å². The summed E-state index contributed by atoms with van der Waals surface area (Å²) in [6.07, 6.45) is 1.55. The number of carbonyl (C=O) groups is 1. The van der Waals surface area contributed by atoms with Gasteiger partial charge in [-0.05, 0) is 34.7 Å². The number of tetrazole rings is 1. The van der Waals surface area contributed by atoms with Gasteiger partial charge in [0, 0.05) is 18.5 Å². The van der Waals surface area contributed by atoms with Crippen molar-refractivity contribution in [3.8, 4) is 11.4 Å². The molecule has 21 heavy (non-hydrogen) atoms. The van der Waals surface area contributed by atoms with E-state index >= 15 is 0 Å². The average molecular weight is 288 g/mol. The van der Waals surface area contributed by atoms with Crippen LogP contribution in [0.2, 0.25) is 0 Å². The lowest BCUT2D eigenvalue weighted by Gasteiger charge is -2.07. The fourth-order valence-electron chi connectivity index (χ4n) is 2.12. The zero-order valence-electron chi connectivity index (χ0n) is 12.4. The first kappa shape index (κ1) is 15.2. The molecule has 1 N–H and O–H groups in total. The molecule has 0 fully saturated rings. The maximum absolute atomic E-state index is 10.5. The Morgan fingerprint density at radius 2 is 1.95 bits per heavy atom. The van der Waals surface area contributed by atoms with Gasteiger partial charge < -0.3 is 5.11 Å². The van der Waals surface area contributed by atoms with E-state index in [9.17, 15) is 4.79 Å². The van der Waals surface area contributed by atoms with E-state index in [1.165, 1.54) is 5.56 Å². The van der Waals surface area contributed by atoms with Crippen LogP contribution in [0, 0.1) is 0 Å². The monoisotopic (exact) mass is 288 g/mol. The number of benzene rings is 1. The Kier molecular flexibility index (Phi) is 5.03. The highest BCUT2D eigenvalue weighted by Gasteiger charge is 2.09. The minimum Gasteiger partial charge on any atom is -0.481 e. The minimum absolute atomic E-state index is 0.181. The number of carboxylic acid groups (broad SMARTS) is 1. The first-order chi connectivity index (χ1) is 10.1. The van der Waals surface area contributed by atoms with E-state index < -0.39 is 5.97 Å². The molecule has 0 amide bonds. The number of unbranched alkanes of at least 4 members (excludes halogenated alkanes) is 1. The Bertz CT molecular complexity index is 590. The highest BCUT2D eigenvalue weighted by molar-refractivity contribution is 5.66. The first-order valence-corrected chi connectivity index (χ1v) is 7.16. The molecule has 2 aromatic rings. The smallest absolute Gasteiger partial charge is 0.303 e. The predicted molar refractivity (Wildman–Crippen MR) is 78.8 cm³/mol. The van der Waals surface area contributed by atoms with Crippen LogP contribution in [0.1, 0.15) is 44.6 Å². The van der Waals surface area contributed by atoms with Crippen molar-refractivity contribution in [2.75, 3.05) is 0 Å². The van der Waals surface area contributed by atoms with Gasteiger partial charge in [-0.3, -0.25) is 4.79 Å². The summed E-state index contributed by atoms with van der Waals surface area (Å²) in [5.74, 6) is 0.447. The molecule has 0 aliphatic carbocycles. The van der Waals surface area contributed by atoms with E-state index in [0.717, 1.165) is 17.8 Å². The van der Waals surface area contributed by atoms with Crippen LogP contribution in [-0.4, -0.2) is 31.3 Å². The zero-order chi connectivity index (χ0) is 15.2. The largest absolute Gasteiger partial charge is 0.481 e. The van der Waals surface area contributed by atoms with E-state index in [1.807, 2.05) is 12.1 Å². The van der Waals surface area contributed by atoms with E-state index in [4.69, 9.17) is 5.11 Å². The molecule has 1 aromatic carbocycles. The van der Waals surface area contributed by atoms with Gasteiger partial charge in [0.05, 0.1) is 0 Å². The Balaban J connectivity index is 2.03. The van der Waals surface area contributed by atoms with Gasteiger partial charge in [0.15, 0.2) is 5.82 Å². The van der Waals surface area contributed by atoms with Crippen molar-refractivity contribution in [2.45, 2.75) is 45.6 Å². The SMILES string of the molecule is CC(C)c1ccc(-c2nnnn2CCCCC(=O)O)cc1. The molecule has 0 unspecified atom stereocenters. The molecule has 1 aromatic heterocycles. The molecular formula is C15H20N4O2. The summed E-state index contributed by atoms with van der Waals surface area (Å²) < 4.78 is 1.73. The van der Waals surface area contributed by atoms with E-state index in [1.54, 1.807) is 4.68 Å². The number of carboxylic acids is 1. The van der Waals surface area contributed by atoms with Crippen molar-refractivity contribution in [1.29, 1.82) is 0 Å². The van der Waals surface area contributed by atoms with Crippen LogP contribution in [0.25, 0.3) is 11.4 Å². The first-order valence-electron chi connectivity index (χ1n) is 7.16. The molecule has 6 nitrogen and oxygen atoms in total. The van der Waals surface area contributed by atoms with Crippen LogP contribution in [-0.2, 0) is 11.3 Å². The van der Waals surface area contributed by atoms with E-state index in [0.29, 0.717) is 18.9 Å². The predicted octanol–water partition coefficient (Wildman–Crippen LogP) is 2.72. The van der Waals surface area contributed by atoms with Crippen LogP contribution in [0.3, 0.4) is 0 Å². The van der Waals surface area contributed by atoms with Crippen LogP contribution in [0.15, 0.2) is 24.3 Å². The molecule has 6 heteroatoms. The summed E-state index contributed by atoms with van der Waals surface area (Å²) in [5.41, 5.74) is 2.25. The Hall–Kier alpha value is -2.24. The molecule has 0 bridgehead atoms. The number of aryl methyl sites for hydroxylation is 1. The summed E-state index contributed by atoms with van der Waals surface area (Å²) in [6, 6.07) is 8.22. The maximum Gasteiger partial charge on any atom is 0.303 e. The van der Waals surface area contributed by atoms with E-state index in [-0.39, 0.29) is 6.42 Å². The molecule has 1 heterocycles. The third-order valence-electron chi connectivity index (χ3n) is 3.38. The normalized spacial score (nSPS) is 11.0. The van der Waals surface area contributed by atoms with Gasteiger partial charge in [-0.25, -0.2) is 4.68 Å². The van der Waals surface area contributed by atoms with Crippen LogP contribution < -0.4 is 0 Å². The summed E-state index contributed by atoms with van der Waals surface area (Å²) in [5, 5.41) is 20.4. The van der Waals surface area contributed by atoms with Gasteiger partial charge in [-0.1, -0.05) is 38.1 Å². The second kappa shape index (κ2) is 6.97. The highest BCUT2D eigenvalue weighted by atomic mass is 16.4. The summed E-state index contributed by atoms with van der Waals surface area (Å²) in [7, 11) is 0. The van der Waals surface area contributed by atoms with Crippen LogP contribution >= 0.6 is 0 Å². The molecule has 0 atom stereocenters. The number of hydrogen-bond acceptors (Lipinski definition) is 4. The molecule has 0 saturated heterocycles. The quantitative estimate of drug-likeness (QED) is 0.792. The van der Waals surface area contributed by atoms with Crippen LogP contribution in [0.5, 0.6) is 0 Å². The lowest BCUT2D eigenvalue weighted by atomic mass is 10.0. The Morgan fingerprint density at radius 1 is 1.24 bits per heavy atom. The topological polar surface area (TPSA) is 80.9 Å². The van der Waals surface area contributed by atoms with Gasteiger partial charge in [-0.2, -0.15) is 0 Å². The molecule has 0 radical (unpaired) electrons. The van der Waals surface area contributed by atoms with Crippen molar-refractivity contribution in [3.63, 3.8) is 0 Å². The molecular weight excluding hydrogens is 268 g/mol. The summed E-state index contributed by atoms with van der Waals surface area (Å²) in [4.78, 5) is 10.5. The van der Waals surface area contributed by atoms with Crippen molar-refractivity contribution in [2.24, 2.45) is 0 Å². The summed E-state index contributed by atoms with van der Waals surface area (Å²) >= 11 is 0. The van der Waals surface area contributed by atoms with Crippen LogP contribution in [0.4, 0.5) is 0 Å². The van der Waals surface area contributed by atoms with Gasteiger partial charge in [0.1, 0.15) is 0 Å². The molecule has 0 saturated carbocycles. The van der Waals surface area contributed by atoms with Gasteiger partial charge in [-0.15, -0.1) is 5.10 Å². The lowest BCUT2D eigenvalue weighted by molar-refractivity contribution is -0.137. The highest BCUT2D eigenvalue weighted by Crippen LogP contribution is 2.20. The van der Waals surface area contributed by atoms with Gasteiger partial charge >= 0.3 is 5.97 Å². The van der Waals surface area contributed by atoms with Crippen molar-refractivity contribution in [3.05, 3.63) is 29.8 Å². The van der Waals surface area contributed by atoms with Gasteiger partial charge in [0.2, 0.25) is 0 Å². The molecule has 0 aliphatic rings. The number of rotatable bonds is 7. The molecule has 0 spiro atoms. The lowest BCUT2D eigenvalue weighted by Crippen LogP contribution is -2.04. The average Bonchev–Trinajstić information content (AvgIpc) is 2.92. The molecule has 2 rings (SSSR count). The standard InChI is InChI=1S/C15H20N4O2/c1-11(2)12-6-8-13(9-7-12)15-16-17-18-19(15)10-4-3-5-14(20)21/h6-9,11H,3-5,10H2,1-2H3,(H,20,21). The van der Waals surface area contributed by atoms with E-state index in [2.05, 4.69) is 41.5 Å². The second-order valence-electron chi connectivity index (χ2n) is 5.35. The third kappa shape index (κ3) is 4.11. The summed E-state index contributed by atoms with van der Waals surface area (Å²) in [6.45, 7) is 4.94. The number of hydrogen-bond donors (Lipinski definition) is 1. The zero-order valence-corrected chi connectivity index (χ0v) is 12.4. The van der Waals surface area contributed by atoms with Crippen molar-refractivity contribution >= 4 is 5.97 Å². The maximum atomic E-state index is 10.5. The fraction of sp³-hybridized carbons (Fsp3) is 0.467. The van der Waals surface area contributed by atoms with Crippen molar-refractivity contribution < 1.29 is 9.90 Å². The molecule has 112 valence electrons. The Labute approximate surface area is 123 Å². The number of aliphatic carboxylic acids is 1. The number of aromatic nitrogens is 4. The number of nitrogens with zero attached hydrogens (tertiary/aromatic N) is 4. The minimum atomic E-state index is -0.767. The Morgan fingerprint density at radius 3 is 2.57 bits per heavy atom. The molecule has 0 aliphatic heterocycles. The fourth-order valence-corrected chi connectivity index (χ4v) is 2.12. The van der Waals surface area contributed by atoms with Crippen molar-refractivity contribution in [1.82, 2.24) is 20.2 Å². The second-order valence-corrected chi connectivity index (χ2v) is 5.35. The third-order valence-corrected chi connectivity index (χ3v) is 3.38.